The number of fused-ring (bicyclic) bond motifs is 3. The maximum atomic E-state index is 13.8. The number of esters is 1. The van der Waals surface area contributed by atoms with Gasteiger partial charge in [-0.25, -0.2) is 4.79 Å². The fourth-order valence-corrected chi connectivity index (χ4v) is 4.52. The van der Waals surface area contributed by atoms with E-state index in [2.05, 4.69) is 20.7 Å². The van der Waals surface area contributed by atoms with Gasteiger partial charge in [-0.1, -0.05) is 13.8 Å². The molecule has 15 heteroatoms. The van der Waals surface area contributed by atoms with Gasteiger partial charge in [0.25, 0.3) is 18.3 Å². The highest BCUT2D eigenvalue weighted by Crippen LogP contribution is 2.30. The number of amides is 3. The predicted octanol–water partition coefficient (Wildman–Crippen LogP) is 1.01. The first-order valence-electron chi connectivity index (χ1n) is 13.6. The van der Waals surface area contributed by atoms with Crippen molar-refractivity contribution in [3.05, 3.63) is 47.8 Å². The second-order valence-corrected chi connectivity index (χ2v) is 10.3. The molecule has 4 rings (SSSR count). The zero-order valence-electron chi connectivity index (χ0n) is 25.3. The molecule has 1 aromatic carbocycles. The average molecular weight is 613 g/mol. The molecule has 236 valence electrons. The highest BCUT2D eigenvalue weighted by molar-refractivity contribution is 5.99. The van der Waals surface area contributed by atoms with Crippen molar-refractivity contribution in [3.63, 3.8) is 0 Å². The van der Waals surface area contributed by atoms with Crippen molar-refractivity contribution in [3.8, 4) is 11.5 Å². The molecule has 2 aromatic heterocycles. The number of aromatic nitrogens is 3. The van der Waals surface area contributed by atoms with Crippen LogP contribution in [-0.2, 0) is 26.2 Å². The third kappa shape index (κ3) is 7.79. The van der Waals surface area contributed by atoms with E-state index in [4.69, 9.17) is 24.1 Å². The summed E-state index contributed by atoms with van der Waals surface area (Å²) in [5.74, 6) is -1.84. The predicted molar refractivity (Wildman–Crippen MR) is 156 cm³/mol. The van der Waals surface area contributed by atoms with E-state index < -0.39 is 41.9 Å². The van der Waals surface area contributed by atoms with Crippen LogP contribution < -0.4 is 20.1 Å². The number of rotatable bonds is 4. The molecule has 2 bridgehead atoms. The lowest BCUT2D eigenvalue weighted by molar-refractivity contribution is -0.150. The number of carbonyl (C=O) groups excluding carboxylic acids is 4. The van der Waals surface area contributed by atoms with Crippen LogP contribution >= 0.6 is 0 Å². The molecule has 0 saturated carbocycles. The van der Waals surface area contributed by atoms with Crippen LogP contribution in [0.1, 0.15) is 41.5 Å². The zero-order chi connectivity index (χ0) is 32.6. The fraction of sp³-hybridized carbons (Fsp3) is 0.414. The molecule has 0 unspecified atom stereocenters. The SMILES string of the molecule is COC(=O)[C@@H]1Oc2cc(ccc2OC)C(=O)N[C@@H](C(C)C)CN(C(=O)c2cnc3cnn(C)c3c2)CC(=O)N[C@H]1C.O=CO. The van der Waals surface area contributed by atoms with Crippen molar-refractivity contribution in [2.45, 2.75) is 39.0 Å². The second-order valence-electron chi connectivity index (χ2n) is 10.3. The lowest BCUT2D eigenvalue weighted by Crippen LogP contribution is -2.54. The standard InChI is InChI=1S/C28H34N6O7.CH2O2/c1-15(2)20-13-34(27(37)18-9-21-19(29-11-18)12-30-33(21)4)14-24(35)31-16(3)25(28(38)40-6)41-23-10-17(26(36)32-20)7-8-22(23)39-5;2-1-3/h7-12,15-16,20,25H,13-14H2,1-6H3,(H,31,35)(H,32,36);1H,(H,2,3)/t16-,20+,25+;/m0./s1. The zero-order valence-corrected chi connectivity index (χ0v) is 25.3. The molecule has 0 radical (unpaired) electrons. The number of nitrogens with zero attached hydrogens (tertiary/aromatic N) is 4. The third-order valence-electron chi connectivity index (χ3n) is 6.96. The van der Waals surface area contributed by atoms with Crippen molar-refractivity contribution >= 4 is 41.2 Å². The molecule has 0 fully saturated rings. The number of nitrogens with one attached hydrogen (secondary N) is 2. The van der Waals surface area contributed by atoms with Crippen LogP contribution in [0.25, 0.3) is 11.0 Å². The van der Waals surface area contributed by atoms with Crippen LogP contribution in [0, 0.1) is 5.92 Å². The lowest BCUT2D eigenvalue weighted by atomic mass is 10.0. The Balaban J connectivity index is 0.00000169. The Bertz CT molecular complexity index is 1520. The van der Waals surface area contributed by atoms with Gasteiger partial charge in [-0.15, -0.1) is 0 Å². The Labute approximate surface area is 253 Å². The smallest absolute Gasteiger partial charge is 0.349 e. The normalized spacial score (nSPS) is 19.0. The summed E-state index contributed by atoms with van der Waals surface area (Å²) >= 11 is 0. The molecule has 44 heavy (non-hydrogen) atoms. The number of benzene rings is 1. The first-order valence-corrected chi connectivity index (χ1v) is 13.6. The summed E-state index contributed by atoms with van der Waals surface area (Å²) in [7, 11) is 4.37. The number of ether oxygens (including phenoxy) is 3. The first-order chi connectivity index (χ1) is 20.9. The molecule has 3 atom stereocenters. The summed E-state index contributed by atoms with van der Waals surface area (Å²) < 4.78 is 17.8. The van der Waals surface area contributed by atoms with Gasteiger partial charge >= 0.3 is 5.97 Å². The number of methoxy groups -OCH3 is 2. The lowest BCUT2D eigenvalue weighted by Gasteiger charge is -2.31. The minimum atomic E-state index is -1.27. The Morgan fingerprint density at radius 2 is 1.86 bits per heavy atom. The van der Waals surface area contributed by atoms with E-state index in [0.29, 0.717) is 11.0 Å². The molecule has 0 saturated heterocycles. The summed E-state index contributed by atoms with van der Waals surface area (Å²) in [6.45, 7) is 4.83. The summed E-state index contributed by atoms with van der Waals surface area (Å²) in [6, 6.07) is 4.86. The van der Waals surface area contributed by atoms with E-state index in [-0.39, 0.29) is 48.1 Å². The summed E-state index contributed by atoms with van der Waals surface area (Å²) in [6.07, 6.45) is 1.75. The summed E-state index contributed by atoms with van der Waals surface area (Å²) in [5.41, 5.74) is 1.79. The van der Waals surface area contributed by atoms with Crippen molar-refractivity contribution in [1.29, 1.82) is 0 Å². The van der Waals surface area contributed by atoms with Gasteiger partial charge in [0.05, 0.1) is 44.1 Å². The van der Waals surface area contributed by atoms with Crippen molar-refractivity contribution in [2.24, 2.45) is 13.0 Å². The molecule has 3 aromatic rings. The van der Waals surface area contributed by atoms with E-state index in [1.165, 1.54) is 31.4 Å². The number of hydrogen-bond donors (Lipinski definition) is 3. The van der Waals surface area contributed by atoms with Gasteiger partial charge in [0.1, 0.15) is 5.52 Å². The molecule has 0 aliphatic carbocycles. The van der Waals surface area contributed by atoms with Gasteiger partial charge in [0.15, 0.2) is 11.5 Å². The minimum Gasteiger partial charge on any atom is -0.493 e. The van der Waals surface area contributed by atoms with Gasteiger partial charge < -0.3 is 34.9 Å². The van der Waals surface area contributed by atoms with E-state index in [9.17, 15) is 19.2 Å². The van der Waals surface area contributed by atoms with Gasteiger partial charge in [-0.05, 0) is 37.1 Å². The molecule has 3 amide bonds. The maximum absolute atomic E-state index is 13.8. The molecule has 15 nitrogen and oxygen atoms in total. The van der Waals surface area contributed by atoms with Crippen LogP contribution in [0.5, 0.6) is 11.5 Å². The Morgan fingerprint density at radius 3 is 2.50 bits per heavy atom. The van der Waals surface area contributed by atoms with E-state index in [0.717, 1.165) is 0 Å². The van der Waals surface area contributed by atoms with Gasteiger partial charge in [-0.3, -0.25) is 28.8 Å². The topological polar surface area (TPSA) is 191 Å². The Kier molecular flexibility index (Phi) is 11.2. The van der Waals surface area contributed by atoms with E-state index in [1.54, 1.807) is 43.0 Å². The number of pyridine rings is 1. The van der Waals surface area contributed by atoms with Crippen LogP contribution in [0.15, 0.2) is 36.7 Å². The summed E-state index contributed by atoms with van der Waals surface area (Å²) in [4.78, 5) is 67.1. The Hall–Kier alpha value is -5.21. The van der Waals surface area contributed by atoms with Crippen LogP contribution in [0.4, 0.5) is 0 Å². The quantitative estimate of drug-likeness (QED) is 0.281. The molecule has 1 aliphatic heterocycles. The average Bonchev–Trinajstić information content (AvgIpc) is 3.37. The molecule has 3 heterocycles. The molecular formula is C29H36N6O9. The van der Waals surface area contributed by atoms with E-state index >= 15 is 0 Å². The monoisotopic (exact) mass is 612 g/mol. The Morgan fingerprint density at radius 1 is 1.16 bits per heavy atom. The third-order valence-corrected chi connectivity index (χ3v) is 6.96. The highest BCUT2D eigenvalue weighted by Gasteiger charge is 2.33. The highest BCUT2D eigenvalue weighted by atomic mass is 16.6. The molecule has 1 aliphatic rings. The van der Waals surface area contributed by atoms with Gasteiger partial charge in [0, 0.05) is 31.4 Å². The van der Waals surface area contributed by atoms with Gasteiger partial charge in [0.2, 0.25) is 12.0 Å². The van der Waals surface area contributed by atoms with Crippen molar-refractivity contribution in [1.82, 2.24) is 30.3 Å². The largest absolute Gasteiger partial charge is 0.493 e. The minimum absolute atomic E-state index is 0.0351. The van der Waals surface area contributed by atoms with Crippen LogP contribution in [0.3, 0.4) is 0 Å². The number of carboxylic acid groups (broad SMARTS) is 1. The molecule has 3 N–H and O–H groups in total. The first kappa shape index (κ1) is 33.3. The van der Waals surface area contributed by atoms with Crippen LogP contribution in [0.2, 0.25) is 0 Å². The molecular weight excluding hydrogens is 576 g/mol. The van der Waals surface area contributed by atoms with Crippen LogP contribution in [-0.4, -0.2) is 100 Å². The maximum Gasteiger partial charge on any atom is 0.349 e. The number of carbonyl (C=O) groups is 5. The fourth-order valence-electron chi connectivity index (χ4n) is 4.52. The number of hydrogen-bond acceptors (Lipinski definition) is 10. The van der Waals surface area contributed by atoms with Crippen molar-refractivity contribution in [2.75, 3.05) is 27.3 Å². The van der Waals surface area contributed by atoms with E-state index in [1.807, 2.05) is 13.8 Å². The van der Waals surface area contributed by atoms with Gasteiger partial charge in [-0.2, -0.15) is 5.10 Å². The molecule has 0 spiro atoms. The number of aryl methyl sites for hydroxylation is 1. The summed E-state index contributed by atoms with van der Waals surface area (Å²) in [5, 5.41) is 16.8. The van der Waals surface area contributed by atoms with Crippen molar-refractivity contribution < 1.29 is 43.3 Å². The second kappa shape index (κ2) is 14.8.